The largest absolute Gasteiger partial charge is 0.334 e. The number of aromatic nitrogens is 2. The first-order valence-corrected chi connectivity index (χ1v) is 9.62. The van der Waals surface area contributed by atoms with Crippen molar-refractivity contribution in [1.82, 2.24) is 14.3 Å². The monoisotopic (exact) mass is 375 g/mol. The lowest BCUT2D eigenvalue weighted by Crippen LogP contribution is -2.29. The summed E-state index contributed by atoms with van der Waals surface area (Å²) in [5.74, 6) is 0.0319. The first-order valence-electron chi connectivity index (χ1n) is 7.54. The topological polar surface area (TPSA) is 37.6 Å². The second-order valence-corrected chi connectivity index (χ2v) is 7.76. The molecule has 0 saturated carbocycles. The van der Waals surface area contributed by atoms with Gasteiger partial charge in [-0.25, -0.2) is 4.98 Å². The lowest BCUT2D eigenvalue weighted by molar-refractivity contribution is 0.0757. The molecule has 0 atom stereocenters. The molecular weight excluding hydrogens is 362 g/mol. The van der Waals surface area contributed by atoms with Crippen LogP contribution in [-0.2, 0) is 6.54 Å². The molecule has 1 amide bonds. The predicted octanol–water partition coefficient (Wildman–Crippen LogP) is 4.93. The zero-order valence-electron chi connectivity index (χ0n) is 12.9. The average molecular weight is 376 g/mol. The molecule has 122 valence electrons. The third kappa shape index (κ3) is 2.70. The molecule has 7 heteroatoms. The van der Waals surface area contributed by atoms with Crippen LogP contribution in [-0.4, -0.2) is 26.7 Å². The molecule has 0 radical (unpaired) electrons. The number of imidazole rings is 1. The highest BCUT2D eigenvalue weighted by Gasteiger charge is 2.19. The van der Waals surface area contributed by atoms with Crippen LogP contribution in [0.3, 0.4) is 0 Å². The number of benzene rings is 1. The van der Waals surface area contributed by atoms with E-state index in [-0.39, 0.29) is 5.91 Å². The van der Waals surface area contributed by atoms with E-state index in [1.54, 1.807) is 11.3 Å². The number of nitrogens with zero attached hydrogens (tertiary/aromatic N) is 3. The summed E-state index contributed by atoms with van der Waals surface area (Å²) in [4.78, 5) is 21.9. The number of rotatable bonds is 4. The average Bonchev–Trinajstić information content (AvgIpc) is 3.23. The van der Waals surface area contributed by atoms with Crippen LogP contribution in [0.1, 0.15) is 22.2 Å². The maximum atomic E-state index is 12.9. The van der Waals surface area contributed by atoms with Crippen molar-refractivity contribution in [3.63, 3.8) is 0 Å². The molecular formula is C17H14ClN3OS2. The van der Waals surface area contributed by atoms with Crippen molar-refractivity contribution >= 4 is 55.5 Å². The molecule has 4 rings (SSSR count). The maximum Gasteiger partial charge on any atom is 0.264 e. The first-order chi connectivity index (χ1) is 11.7. The molecule has 3 aromatic heterocycles. The van der Waals surface area contributed by atoms with Gasteiger partial charge >= 0.3 is 0 Å². The Balaban J connectivity index is 1.63. The van der Waals surface area contributed by atoms with Crippen LogP contribution < -0.4 is 0 Å². The molecule has 0 aliphatic carbocycles. The summed E-state index contributed by atoms with van der Waals surface area (Å²) in [5, 5.41) is 2.68. The number of halogens is 1. The third-order valence-electron chi connectivity index (χ3n) is 3.88. The van der Waals surface area contributed by atoms with Gasteiger partial charge in [-0.3, -0.25) is 9.20 Å². The molecule has 0 saturated heterocycles. The Hall–Kier alpha value is -1.89. The van der Waals surface area contributed by atoms with Gasteiger partial charge in [-0.05, 0) is 30.7 Å². The zero-order valence-corrected chi connectivity index (χ0v) is 15.3. The van der Waals surface area contributed by atoms with E-state index in [1.807, 2.05) is 58.1 Å². The fourth-order valence-corrected chi connectivity index (χ4v) is 4.67. The summed E-state index contributed by atoms with van der Waals surface area (Å²) in [7, 11) is 0. The molecule has 0 aliphatic rings. The van der Waals surface area contributed by atoms with Crippen LogP contribution >= 0.6 is 34.3 Å². The van der Waals surface area contributed by atoms with Gasteiger partial charge in [0.05, 0.1) is 10.4 Å². The highest BCUT2D eigenvalue weighted by molar-refractivity contribution is 7.21. The van der Waals surface area contributed by atoms with E-state index >= 15 is 0 Å². The van der Waals surface area contributed by atoms with E-state index in [9.17, 15) is 4.79 Å². The molecule has 24 heavy (non-hydrogen) atoms. The van der Waals surface area contributed by atoms with Crippen molar-refractivity contribution in [2.75, 3.05) is 6.54 Å². The number of fused-ring (bicyclic) bond motifs is 3. The van der Waals surface area contributed by atoms with E-state index in [0.29, 0.717) is 18.1 Å². The Morgan fingerprint density at radius 2 is 2.25 bits per heavy atom. The van der Waals surface area contributed by atoms with Gasteiger partial charge in [0, 0.05) is 29.7 Å². The van der Waals surface area contributed by atoms with Crippen LogP contribution in [0.25, 0.3) is 15.3 Å². The van der Waals surface area contributed by atoms with E-state index in [1.165, 1.54) is 11.3 Å². The standard InChI is InChI=1S/C17H14ClN3OS2/c1-2-20(10-11-4-3-5-12(18)8-11)16(22)14-9-13-15(24-14)19-17-21(13)6-7-23-17/h3-9H,2,10H2,1H3. The van der Waals surface area contributed by atoms with E-state index in [0.717, 1.165) is 25.7 Å². The Kier molecular flexibility index (Phi) is 4.04. The zero-order chi connectivity index (χ0) is 16.7. The van der Waals surface area contributed by atoms with Crippen molar-refractivity contribution in [3.8, 4) is 0 Å². The molecule has 0 unspecified atom stereocenters. The van der Waals surface area contributed by atoms with E-state index in [4.69, 9.17) is 11.6 Å². The number of thiazole rings is 1. The summed E-state index contributed by atoms with van der Waals surface area (Å²) < 4.78 is 2.03. The number of carbonyl (C=O) groups excluding carboxylic acids is 1. The molecule has 1 aromatic carbocycles. The van der Waals surface area contributed by atoms with Crippen molar-refractivity contribution in [3.05, 3.63) is 57.4 Å². The fraction of sp³-hybridized carbons (Fsp3) is 0.176. The number of carbonyl (C=O) groups is 1. The van der Waals surface area contributed by atoms with Gasteiger partial charge in [0.25, 0.3) is 5.91 Å². The van der Waals surface area contributed by atoms with Crippen molar-refractivity contribution in [1.29, 1.82) is 0 Å². The van der Waals surface area contributed by atoms with Crippen molar-refractivity contribution < 1.29 is 4.79 Å². The first kappa shape index (κ1) is 15.6. The lowest BCUT2D eigenvalue weighted by atomic mass is 10.2. The van der Waals surface area contributed by atoms with Gasteiger partial charge in [0.2, 0.25) is 0 Å². The third-order valence-corrected chi connectivity index (χ3v) is 5.88. The smallest absolute Gasteiger partial charge is 0.264 e. The second-order valence-electron chi connectivity index (χ2n) is 5.42. The molecule has 0 N–H and O–H groups in total. The van der Waals surface area contributed by atoms with Crippen LogP contribution in [0.4, 0.5) is 0 Å². The second kappa shape index (κ2) is 6.20. The number of hydrogen-bond donors (Lipinski definition) is 0. The number of hydrogen-bond acceptors (Lipinski definition) is 4. The predicted molar refractivity (Wildman–Crippen MR) is 100 cm³/mol. The molecule has 0 spiro atoms. The molecule has 4 nitrogen and oxygen atoms in total. The van der Waals surface area contributed by atoms with Crippen LogP contribution in [0, 0.1) is 0 Å². The Bertz CT molecular complexity index is 1030. The molecule has 3 heterocycles. The van der Waals surface area contributed by atoms with Crippen molar-refractivity contribution in [2.24, 2.45) is 0 Å². The lowest BCUT2D eigenvalue weighted by Gasteiger charge is -2.20. The minimum atomic E-state index is 0.0319. The fourth-order valence-electron chi connectivity index (χ4n) is 2.69. The van der Waals surface area contributed by atoms with Crippen LogP contribution in [0.5, 0.6) is 0 Å². The van der Waals surface area contributed by atoms with Crippen molar-refractivity contribution in [2.45, 2.75) is 13.5 Å². The van der Waals surface area contributed by atoms with E-state index < -0.39 is 0 Å². The summed E-state index contributed by atoms with van der Waals surface area (Å²) in [5.41, 5.74) is 2.03. The number of thiophene rings is 1. The summed E-state index contributed by atoms with van der Waals surface area (Å²) in [6, 6.07) is 9.57. The summed E-state index contributed by atoms with van der Waals surface area (Å²) in [6.45, 7) is 3.17. The van der Waals surface area contributed by atoms with Gasteiger partial charge in [-0.2, -0.15) is 0 Å². The molecule has 0 bridgehead atoms. The molecule has 0 fully saturated rings. The molecule has 4 aromatic rings. The van der Waals surface area contributed by atoms with Crippen LogP contribution in [0.2, 0.25) is 5.02 Å². The molecule has 0 aliphatic heterocycles. The Morgan fingerprint density at radius 1 is 1.38 bits per heavy atom. The summed E-state index contributed by atoms with van der Waals surface area (Å²) in [6.07, 6.45) is 1.99. The Labute approximate surface area is 151 Å². The van der Waals surface area contributed by atoms with Gasteiger partial charge in [0.15, 0.2) is 4.96 Å². The van der Waals surface area contributed by atoms with Gasteiger partial charge in [-0.15, -0.1) is 22.7 Å². The van der Waals surface area contributed by atoms with Gasteiger partial charge in [-0.1, -0.05) is 23.7 Å². The normalized spacial score (nSPS) is 11.4. The quantitative estimate of drug-likeness (QED) is 0.507. The highest BCUT2D eigenvalue weighted by atomic mass is 35.5. The van der Waals surface area contributed by atoms with Gasteiger partial charge in [0.1, 0.15) is 4.83 Å². The Morgan fingerprint density at radius 3 is 3.04 bits per heavy atom. The highest BCUT2D eigenvalue weighted by Crippen LogP contribution is 2.29. The SMILES string of the molecule is CCN(Cc1cccc(Cl)c1)C(=O)c1cc2c(nc3sccn32)s1. The minimum Gasteiger partial charge on any atom is -0.334 e. The van der Waals surface area contributed by atoms with E-state index in [2.05, 4.69) is 4.98 Å². The summed E-state index contributed by atoms with van der Waals surface area (Å²) >= 11 is 9.09. The maximum absolute atomic E-state index is 12.9. The van der Waals surface area contributed by atoms with Crippen LogP contribution in [0.15, 0.2) is 41.9 Å². The minimum absolute atomic E-state index is 0.0319. The number of amides is 1. The van der Waals surface area contributed by atoms with Gasteiger partial charge < -0.3 is 4.90 Å².